The Morgan fingerprint density at radius 2 is 2.10 bits per heavy atom. The summed E-state index contributed by atoms with van der Waals surface area (Å²) in [7, 11) is 0. The monoisotopic (exact) mass is 274 g/mol. The molecule has 3 heteroatoms. The zero-order chi connectivity index (χ0) is 14.5. The number of hydrogen-bond acceptors (Lipinski definition) is 2. The largest absolute Gasteiger partial charge is 0.348 e. The third-order valence-electron chi connectivity index (χ3n) is 4.19. The van der Waals surface area contributed by atoms with Gasteiger partial charge >= 0.3 is 0 Å². The van der Waals surface area contributed by atoms with Crippen molar-refractivity contribution in [3.8, 4) is 0 Å². The summed E-state index contributed by atoms with van der Waals surface area (Å²) in [5.74, 6) is 0.774. The molecule has 1 aromatic rings. The molecule has 1 amide bonds. The Bertz CT molecular complexity index is 441. The van der Waals surface area contributed by atoms with E-state index in [9.17, 15) is 4.79 Å². The molecule has 110 valence electrons. The van der Waals surface area contributed by atoms with E-state index in [1.165, 1.54) is 17.5 Å². The van der Waals surface area contributed by atoms with Gasteiger partial charge in [0.25, 0.3) is 0 Å². The van der Waals surface area contributed by atoms with E-state index in [1.54, 1.807) is 0 Å². The summed E-state index contributed by atoms with van der Waals surface area (Å²) in [5.41, 5.74) is 2.44. The number of amides is 1. The molecule has 0 aliphatic carbocycles. The highest BCUT2D eigenvalue weighted by Gasteiger charge is 2.26. The highest BCUT2D eigenvalue weighted by Crippen LogP contribution is 2.19. The van der Waals surface area contributed by atoms with E-state index >= 15 is 0 Å². The first-order valence-electron chi connectivity index (χ1n) is 7.70. The minimum atomic E-state index is -0.0294. The average Bonchev–Trinajstić information content (AvgIpc) is 2.45. The van der Waals surface area contributed by atoms with Gasteiger partial charge in [-0.25, -0.2) is 0 Å². The minimum Gasteiger partial charge on any atom is -0.348 e. The molecule has 20 heavy (non-hydrogen) atoms. The Morgan fingerprint density at radius 1 is 1.40 bits per heavy atom. The summed E-state index contributed by atoms with van der Waals surface area (Å²) >= 11 is 0. The smallest absolute Gasteiger partial charge is 0.237 e. The summed E-state index contributed by atoms with van der Waals surface area (Å²) in [4.78, 5) is 12.4. The van der Waals surface area contributed by atoms with Crippen LogP contribution >= 0.6 is 0 Å². The van der Waals surface area contributed by atoms with Gasteiger partial charge in [0.05, 0.1) is 12.1 Å². The van der Waals surface area contributed by atoms with Crippen LogP contribution in [0.15, 0.2) is 24.3 Å². The molecule has 0 spiro atoms. The molecule has 2 N–H and O–H groups in total. The molecular weight excluding hydrogens is 248 g/mol. The lowest BCUT2D eigenvalue weighted by molar-refractivity contribution is -0.124. The van der Waals surface area contributed by atoms with Crippen LogP contribution in [0.5, 0.6) is 0 Å². The number of hydrogen-bond donors (Lipinski definition) is 2. The zero-order valence-electron chi connectivity index (χ0n) is 12.8. The number of benzene rings is 1. The fourth-order valence-electron chi connectivity index (χ4n) is 2.80. The van der Waals surface area contributed by atoms with Gasteiger partial charge in [-0.05, 0) is 44.2 Å². The molecule has 0 radical (unpaired) electrons. The van der Waals surface area contributed by atoms with Gasteiger partial charge < -0.3 is 10.6 Å². The first-order valence-corrected chi connectivity index (χ1v) is 7.70. The van der Waals surface area contributed by atoms with Crippen molar-refractivity contribution < 1.29 is 4.79 Å². The van der Waals surface area contributed by atoms with Gasteiger partial charge in [0.15, 0.2) is 0 Å². The second-order valence-electron chi connectivity index (χ2n) is 6.02. The molecule has 3 atom stereocenters. The fourth-order valence-corrected chi connectivity index (χ4v) is 2.80. The SMILES string of the molecule is CCC(NC(=O)C1CC(C)CCN1)c1ccc(C)cc1. The molecule has 1 heterocycles. The molecule has 1 aliphatic heterocycles. The van der Waals surface area contributed by atoms with E-state index in [0.717, 1.165) is 19.4 Å². The van der Waals surface area contributed by atoms with Gasteiger partial charge in [0.1, 0.15) is 0 Å². The lowest BCUT2D eigenvalue weighted by Crippen LogP contribution is -2.49. The predicted octanol–water partition coefficient (Wildman–Crippen LogP) is 2.95. The van der Waals surface area contributed by atoms with E-state index in [-0.39, 0.29) is 18.0 Å². The van der Waals surface area contributed by atoms with Crippen molar-refractivity contribution in [3.05, 3.63) is 35.4 Å². The summed E-state index contributed by atoms with van der Waals surface area (Å²) in [6.45, 7) is 7.36. The van der Waals surface area contributed by atoms with Crippen molar-refractivity contribution in [1.29, 1.82) is 0 Å². The van der Waals surface area contributed by atoms with Crippen LogP contribution in [0.1, 0.15) is 50.3 Å². The molecule has 1 aromatic carbocycles. The molecule has 0 aromatic heterocycles. The predicted molar refractivity (Wildman–Crippen MR) is 82.5 cm³/mol. The van der Waals surface area contributed by atoms with Crippen LogP contribution in [0, 0.1) is 12.8 Å². The third kappa shape index (κ3) is 3.83. The van der Waals surface area contributed by atoms with E-state index in [1.807, 2.05) is 0 Å². The minimum absolute atomic E-state index is 0.0294. The van der Waals surface area contributed by atoms with Crippen LogP contribution in [-0.2, 0) is 4.79 Å². The summed E-state index contributed by atoms with van der Waals surface area (Å²) in [6, 6.07) is 8.51. The van der Waals surface area contributed by atoms with E-state index in [0.29, 0.717) is 5.92 Å². The van der Waals surface area contributed by atoms with Crippen molar-refractivity contribution in [2.24, 2.45) is 5.92 Å². The van der Waals surface area contributed by atoms with Crippen LogP contribution in [0.3, 0.4) is 0 Å². The van der Waals surface area contributed by atoms with Gasteiger partial charge in [-0.1, -0.05) is 43.7 Å². The second kappa shape index (κ2) is 6.89. The summed E-state index contributed by atoms with van der Waals surface area (Å²) < 4.78 is 0. The topological polar surface area (TPSA) is 41.1 Å². The highest BCUT2D eigenvalue weighted by molar-refractivity contribution is 5.82. The summed E-state index contributed by atoms with van der Waals surface area (Å²) in [6.07, 6.45) is 3.02. The van der Waals surface area contributed by atoms with Crippen molar-refractivity contribution in [3.63, 3.8) is 0 Å². The molecule has 1 fully saturated rings. The maximum atomic E-state index is 12.4. The number of carbonyl (C=O) groups excluding carboxylic acids is 1. The number of nitrogens with one attached hydrogen (secondary N) is 2. The van der Waals surface area contributed by atoms with Crippen LogP contribution in [-0.4, -0.2) is 18.5 Å². The lowest BCUT2D eigenvalue weighted by Gasteiger charge is -2.29. The van der Waals surface area contributed by atoms with Crippen LogP contribution in [0.2, 0.25) is 0 Å². The first kappa shape index (κ1) is 15.0. The van der Waals surface area contributed by atoms with Crippen molar-refractivity contribution >= 4 is 5.91 Å². The average molecular weight is 274 g/mol. The Hall–Kier alpha value is -1.35. The maximum absolute atomic E-state index is 12.4. The molecule has 0 bridgehead atoms. The van der Waals surface area contributed by atoms with Crippen LogP contribution in [0.25, 0.3) is 0 Å². The highest BCUT2D eigenvalue weighted by atomic mass is 16.2. The van der Waals surface area contributed by atoms with Crippen molar-refractivity contribution in [2.75, 3.05) is 6.54 Å². The Morgan fingerprint density at radius 3 is 2.70 bits per heavy atom. The van der Waals surface area contributed by atoms with E-state index < -0.39 is 0 Å². The molecule has 3 unspecified atom stereocenters. The molecule has 2 rings (SSSR count). The Labute approximate surface area is 122 Å². The van der Waals surface area contributed by atoms with Gasteiger partial charge in [0, 0.05) is 0 Å². The molecular formula is C17H26N2O. The van der Waals surface area contributed by atoms with Gasteiger partial charge in [-0.2, -0.15) is 0 Å². The third-order valence-corrected chi connectivity index (χ3v) is 4.19. The van der Waals surface area contributed by atoms with Gasteiger partial charge in [0.2, 0.25) is 5.91 Å². The normalized spacial score (nSPS) is 24.1. The van der Waals surface area contributed by atoms with Gasteiger partial charge in [-0.15, -0.1) is 0 Å². The standard InChI is InChI=1S/C17H26N2O/c1-4-15(14-7-5-12(2)6-8-14)19-17(20)16-11-13(3)9-10-18-16/h5-8,13,15-16,18H,4,9-11H2,1-3H3,(H,19,20). The number of aryl methyl sites for hydroxylation is 1. The van der Waals surface area contributed by atoms with Gasteiger partial charge in [-0.3, -0.25) is 4.79 Å². The lowest BCUT2D eigenvalue weighted by atomic mass is 9.93. The maximum Gasteiger partial charge on any atom is 0.237 e. The second-order valence-corrected chi connectivity index (χ2v) is 6.02. The quantitative estimate of drug-likeness (QED) is 0.886. The molecule has 1 saturated heterocycles. The number of rotatable bonds is 4. The summed E-state index contributed by atoms with van der Waals surface area (Å²) in [5, 5.41) is 6.52. The zero-order valence-corrected chi connectivity index (χ0v) is 12.8. The first-order chi connectivity index (χ1) is 9.60. The Kier molecular flexibility index (Phi) is 5.18. The van der Waals surface area contributed by atoms with E-state index in [2.05, 4.69) is 55.7 Å². The number of piperidine rings is 1. The Balaban J connectivity index is 1.98. The molecule has 1 aliphatic rings. The van der Waals surface area contributed by atoms with Crippen LogP contribution < -0.4 is 10.6 Å². The van der Waals surface area contributed by atoms with E-state index in [4.69, 9.17) is 0 Å². The molecule has 3 nitrogen and oxygen atoms in total. The molecule has 0 saturated carbocycles. The van der Waals surface area contributed by atoms with Crippen molar-refractivity contribution in [1.82, 2.24) is 10.6 Å². The number of carbonyl (C=O) groups is 1. The van der Waals surface area contributed by atoms with Crippen LogP contribution in [0.4, 0.5) is 0 Å². The fraction of sp³-hybridized carbons (Fsp3) is 0.588. The van der Waals surface area contributed by atoms with Crippen molar-refractivity contribution in [2.45, 2.75) is 52.1 Å².